The Bertz CT molecular complexity index is 946. The predicted octanol–water partition coefficient (Wildman–Crippen LogP) is 3.31. The highest BCUT2D eigenvalue weighted by atomic mass is 16.5. The average molecular weight is 391 g/mol. The zero-order chi connectivity index (χ0) is 20.0. The Balaban J connectivity index is 1.40. The van der Waals surface area contributed by atoms with E-state index >= 15 is 0 Å². The lowest BCUT2D eigenvalue weighted by atomic mass is 9.84. The normalized spacial score (nSPS) is 25.7. The number of fused-ring (bicyclic) bond motifs is 2. The molecule has 150 valence electrons. The van der Waals surface area contributed by atoms with E-state index < -0.39 is 0 Å². The zero-order valence-corrected chi connectivity index (χ0v) is 16.5. The van der Waals surface area contributed by atoms with Gasteiger partial charge in [0.1, 0.15) is 0 Å². The number of ether oxygens (including phenoxy) is 1. The monoisotopic (exact) mass is 391 g/mol. The highest BCUT2D eigenvalue weighted by Gasteiger charge is 2.46. The van der Waals surface area contributed by atoms with E-state index in [9.17, 15) is 9.59 Å². The van der Waals surface area contributed by atoms with Crippen LogP contribution in [0.3, 0.4) is 0 Å². The van der Waals surface area contributed by atoms with Gasteiger partial charge in [0.25, 0.3) is 5.91 Å². The van der Waals surface area contributed by atoms with Crippen LogP contribution < -0.4 is 5.32 Å². The maximum Gasteiger partial charge on any atom is 0.322 e. The SMILES string of the molecule is CN1Cc2c(NC(=O)N3C[C@H](c4ccccc4)[C@H]4COCC[C@@H]43)cccc2C1=O. The molecule has 2 fully saturated rings. The van der Waals surface area contributed by atoms with E-state index in [2.05, 4.69) is 29.6 Å². The summed E-state index contributed by atoms with van der Waals surface area (Å²) in [6, 6.07) is 16.0. The van der Waals surface area contributed by atoms with Crippen molar-refractivity contribution in [2.75, 3.05) is 32.1 Å². The Morgan fingerprint density at radius 1 is 1.14 bits per heavy atom. The summed E-state index contributed by atoms with van der Waals surface area (Å²) in [6.07, 6.45) is 0.857. The lowest BCUT2D eigenvalue weighted by Crippen LogP contribution is -2.44. The van der Waals surface area contributed by atoms with Gasteiger partial charge in [-0.2, -0.15) is 0 Å². The second-order valence-corrected chi connectivity index (χ2v) is 8.19. The third-order valence-corrected chi connectivity index (χ3v) is 6.55. The van der Waals surface area contributed by atoms with Gasteiger partial charge in [0.2, 0.25) is 0 Å². The topological polar surface area (TPSA) is 61.9 Å². The van der Waals surface area contributed by atoms with Crippen molar-refractivity contribution in [3.8, 4) is 0 Å². The summed E-state index contributed by atoms with van der Waals surface area (Å²) in [6.45, 7) is 2.58. The molecule has 0 saturated carbocycles. The number of nitrogens with one attached hydrogen (secondary N) is 1. The predicted molar refractivity (Wildman–Crippen MR) is 110 cm³/mol. The van der Waals surface area contributed by atoms with Crippen LogP contribution in [0, 0.1) is 5.92 Å². The Hall–Kier alpha value is -2.86. The molecule has 6 heteroatoms. The molecule has 5 rings (SSSR count). The second-order valence-electron chi connectivity index (χ2n) is 8.19. The Morgan fingerprint density at radius 2 is 1.97 bits per heavy atom. The average Bonchev–Trinajstić information content (AvgIpc) is 3.28. The van der Waals surface area contributed by atoms with Crippen LogP contribution in [0.25, 0.3) is 0 Å². The molecule has 1 N–H and O–H groups in total. The fourth-order valence-electron chi connectivity index (χ4n) is 5.07. The van der Waals surface area contributed by atoms with Gasteiger partial charge in [-0.1, -0.05) is 36.4 Å². The number of hydrogen-bond acceptors (Lipinski definition) is 3. The molecule has 3 heterocycles. The van der Waals surface area contributed by atoms with Crippen molar-refractivity contribution in [2.45, 2.75) is 24.9 Å². The number of urea groups is 1. The number of hydrogen-bond donors (Lipinski definition) is 1. The first-order valence-corrected chi connectivity index (χ1v) is 10.2. The van der Waals surface area contributed by atoms with Gasteiger partial charge in [-0.15, -0.1) is 0 Å². The number of rotatable bonds is 2. The molecule has 6 nitrogen and oxygen atoms in total. The lowest BCUT2D eigenvalue weighted by molar-refractivity contribution is 0.0272. The first-order chi connectivity index (χ1) is 14.1. The third kappa shape index (κ3) is 3.08. The summed E-state index contributed by atoms with van der Waals surface area (Å²) in [7, 11) is 1.78. The van der Waals surface area contributed by atoms with Crippen LogP contribution >= 0.6 is 0 Å². The number of carbonyl (C=O) groups excluding carboxylic acids is 2. The van der Waals surface area contributed by atoms with Crippen molar-refractivity contribution in [3.05, 3.63) is 65.2 Å². The number of benzene rings is 2. The van der Waals surface area contributed by atoms with E-state index in [-0.39, 0.29) is 23.9 Å². The summed E-state index contributed by atoms with van der Waals surface area (Å²) in [4.78, 5) is 29.2. The number of anilines is 1. The number of carbonyl (C=O) groups is 2. The summed E-state index contributed by atoms with van der Waals surface area (Å²) in [5, 5.41) is 3.10. The molecule has 2 aromatic rings. The minimum absolute atomic E-state index is 0.00547. The molecule has 2 aromatic carbocycles. The van der Waals surface area contributed by atoms with Crippen LogP contribution in [-0.2, 0) is 11.3 Å². The summed E-state index contributed by atoms with van der Waals surface area (Å²) >= 11 is 0. The van der Waals surface area contributed by atoms with E-state index in [0.29, 0.717) is 37.8 Å². The molecule has 0 aliphatic carbocycles. The maximum absolute atomic E-state index is 13.3. The van der Waals surface area contributed by atoms with Gasteiger partial charge in [0.05, 0.1) is 6.61 Å². The molecular weight excluding hydrogens is 366 g/mol. The standard InChI is InChI=1S/C23H25N3O3/c1-25-12-18-16(22(25)27)8-5-9-20(18)24-23(28)26-13-17(15-6-3-2-4-7-15)19-14-29-11-10-21(19)26/h2-9,17,19,21H,10-14H2,1H3,(H,24,28)/t17-,19-,21+/m1/s1. The molecule has 3 atom stereocenters. The molecule has 0 bridgehead atoms. The molecule has 0 aromatic heterocycles. The summed E-state index contributed by atoms with van der Waals surface area (Å²) < 4.78 is 5.76. The number of amides is 3. The highest BCUT2D eigenvalue weighted by Crippen LogP contribution is 2.41. The van der Waals surface area contributed by atoms with Gasteiger partial charge >= 0.3 is 6.03 Å². The zero-order valence-electron chi connectivity index (χ0n) is 16.5. The van der Waals surface area contributed by atoms with Crippen LogP contribution in [0.1, 0.15) is 33.8 Å². The summed E-state index contributed by atoms with van der Waals surface area (Å²) in [5.74, 6) is 0.596. The fraction of sp³-hybridized carbons (Fsp3) is 0.391. The first kappa shape index (κ1) is 18.2. The molecule has 0 radical (unpaired) electrons. The van der Waals surface area contributed by atoms with E-state index in [4.69, 9.17) is 4.74 Å². The second kappa shape index (κ2) is 7.19. The van der Waals surface area contributed by atoms with E-state index in [0.717, 1.165) is 17.7 Å². The molecule has 0 spiro atoms. The van der Waals surface area contributed by atoms with Crippen molar-refractivity contribution >= 4 is 17.6 Å². The van der Waals surface area contributed by atoms with Gasteiger partial charge < -0.3 is 19.9 Å². The lowest BCUT2D eigenvalue weighted by Gasteiger charge is -2.32. The van der Waals surface area contributed by atoms with Gasteiger partial charge in [0.15, 0.2) is 0 Å². The Kier molecular flexibility index (Phi) is 4.51. The first-order valence-electron chi connectivity index (χ1n) is 10.2. The van der Waals surface area contributed by atoms with Crippen LogP contribution in [0.5, 0.6) is 0 Å². The van der Waals surface area contributed by atoms with Gasteiger partial charge in [-0.25, -0.2) is 4.79 Å². The van der Waals surface area contributed by atoms with Crippen molar-refractivity contribution in [3.63, 3.8) is 0 Å². The quantitative estimate of drug-likeness (QED) is 0.854. The van der Waals surface area contributed by atoms with Crippen molar-refractivity contribution in [1.29, 1.82) is 0 Å². The Labute approximate surface area is 170 Å². The van der Waals surface area contributed by atoms with E-state index in [1.165, 1.54) is 5.56 Å². The molecule has 2 saturated heterocycles. The van der Waals surface area contributed by atoms with Gasteiger partial charge in [-0.3, -0.25) is 4.79 Å². The van der Waals surface area contributed by atoms with Crippen molar-refractivity contribution in [2.24, 2.45) is 5.92 Å². The fourth-order valence-corrected chi connectivity index (χ4v) is 5.07. The molecular formula is C23H25N3O3. The highest BCUT2D eigenvalue weighted by molar-refractivity contribution is 6.01. The van der Waals surface area contributed by atoms with Crippen LogP contribution in [0.15, 0.2) is 48.5 Å². The van der Waals surface area contributed by atoms with Crippen molar-refractivity contribution in [1.82, 2.24) is 9.80 Å². The van der Waals surface area contributed by atoms with Crippen LogP contribution in [0.2, 0.25) is 0 Å². The van der Waals surface area contributed by atoms with Crippen molar-refractivity contribution < 1.29 is 14.3 Å². The Morgan fingerprint density at radius 3 is 2.79 bits per heavy atom. The van der Waals surface area contributed by atoms with Crippen LogP contribution in [0.4, 0.5) is 10.5 Å². The molecule has 3 aliphatic rings. The number of nitrogens with zero attached hydrogens (tertiary/aromatic N) is 2. The molecule has 29 heavy (non-hydrogen) atoms. The largest absolute Gasteiger partial charge is 0.381 e. The maximum atomic E-state index is 13.3. The third-order valence-electron chi connectivity index (χ3n) is 6.55. The number of likely N-dealkylation sites (tertiary alicyclic amines) is 1. The van der Waals surface area contributed by atoms with Crippen LogP contribution in [-0.4, -0.2) is 54.6 Å². The van der Waals surface area contributed by atoms with E-state index in [1.54, 1.807) is 11.9 Å². The minimum atomic E-state index is -0.0873. The van der Waals surface area contributed by atoms with Gasteiger partial charge in [0, 0.05) is 61.4 Å². The van der Waals surface area contributed by atoms with Gasteiger partial charge in [-0.05, 0) is 24.1 Å². The smallest absolute Gasteiger partial charge is 0.322 e. The molecule has 3 amide bonds. The van der Waals surface area contributed by atoms with E-state index in [1.807, 2.05) is 29.2 Å². The minimum Gasteiger partial charge on any atom is -0.381 e. The molecule has 3 aliphatic heterocycles. The summed E-state index contributed by atoms with van der Waals surface area (Å²) in [5.41, 5.74) is 3.57. The molecule has 0 unspecified atom stereocenters.